The summed E-state index contributed by atoms with van der Waals surface area (Å²) in [5.74, 6) is -111. The first-order chi connectivity index (χ1) is 41.8. The van der Waals surface area contributed by atoms with Gasteiger partial charge in [0.15, 0.2) is 0 Å². The van der Waals surface area contributed by atoms with Crippen LogP contribution in [0.3, 0.4) is 0 Å². The van der Waals surface area contributed by atoms with Crippen molar-refractivity contribution in [2.24, 2.45) is 0 Å². The van der Waals surface area contributed by atoms with Crippen molar-refractivity contribution in [3.05, 3.63) is 83.9 Å². The second-order valence-corrected chi connectivity index (χ2v) is 34.0. The molecule has 0 spiro atoms. The van der Waals surface area contributed by atoms with Crippen LogP contribution >= 0.6 is 0 Å². The van der Waals surface area contributed by atoms with Crippen LogP contribution in [0.1, 0.15) is 79.4 Å². The van der Waals surface area contributed by atoms with Gasteiger partial charge in [-0.05, 0) is 102 Å². The van der Waals surface area contributed by atoms with Crippen molar-refractivity contribution in [3.8, 4) is 22.9 Å². The van der Waals surface area contributed by atoms with Crippen molar-refractivity contribution in [1.29, 1.82) is 0 Å². The third-order valence-corrected chi connectivity index (χ3v) is 28.7. The second kappa shape index (κ2) is 24.1. The summed E-state index contributed by atoms with van der Waals surface area (Å²) in [5, 5.41) is 0.944. The Kier molecular flexibility index (Phi) is 20.3. The number of hydrogen-bond donors (Lipinski definition) is 0. The molecular formula is C58H48F34Si2. The van der Waals surface area contributed by atoms with Crippen molar-refractivity contribution < 1.29 is 149 Å². The van der Waals surface area contributed by atoms with E-state index >= 15 is 52.7 Å². The van der Waals surface area contributed by atoms with Gasteiger partial charge in [-0.15, -0.1) is 11.1 Å². The van der Waals surface area contributed by atoms with Gasteiger partial charge in [-0.2, -0.15) is 149 Å². The lowest BCUT2D eigenvalue weighted by Crippen LogP contribution is -2.74. The fraction of sp³-hybridized carbons (Fsp3) is 0.552. The van der Waals surface area contributed by atoms with Crippen molar-refractivity contribution >= 4 is 59.2 Å². The molecule has 5 aromatic rings. The van der Waals surface area contributed by atoms with E-state index in [1.54, 1.807) is 0 Å². The van der Waals surface area contributed by atoms with Gasteiger partial charge < -0.3 is 0 Å². The molecule has 0 aliphatic rings. The molecule has 0 fully saturated rings. The summed E-state index contributed by atoms with van der Waals surface area (Å²) in [6.45, 7) is 9.58. The molecule has 36 heteroatoms. The topological polar surface area (TPSA) is 0 Å². The zero-order chi connectivity index (χ0) is 73.2. The molecule has 0 aromatic heterocycles. The summed E-state index contributed by atoms with van der Waals surface area (Å²) >= 11 is 0. The average Bonchev–Trinajstić information content (AvgIpc) is 0.704. The lowest BCUT2D eigenvalue weighted by Gasteiger charge is -2.43. The minimum absolute atomic E-state index is 0.0627. The summed E-state index contributed by atoms with van der Waals surface area (Å²) in [6.07, 6.45) is -21.5. The van der Waals surface area contributed by atoms with Crippen molar-refractivity contribution in [1.82, 2.24) is 0 Å². The standard InChI is InChI=1S/C58H48F34Si2/c1-29(2)93(30(3)4,23-19-43(59,60)45(63,64)47(67,68)49(71,72)51(75,76)53(79,80)55(83,84)57(87,88)89)21-17-37-39-25-33-13-9-11-15-35(33)27-41(39)38(42-28-36-16-12-10-14-34(36)26-40(37)42)18-22-94(31(5)6,32(7)8)24-20-44(61,62)46(65,66)48(69,70)50(73,74)52(77,78)54(81,82)56(85,86)58(90,91)92/h9-16,25-32H,19-20,23-24H2,1-8H3. The molecule has 94 heavy (non-hydrogen) atoms. The highest BCUT2D eigenvalue weighted by Crippen LogP contribution is 2.67. The van der Waals surface area contributed by atoms with Crippen LogP contribution in [0.2, 0.25) is 34.3 Å². The van der Waals surface area contributed by atoms with Crippen LogP contribution in [-0.2, 0) is 0 Å². The predicted octanol–water partition coefficient (Wildman–Crippen LogP) is 23.4. The smallest absolute Gasteiger partial charge is 0.200 e. The second-order valence-electron chi connectivity index (χ2n) is 23.7. The van der Waals surface area contributed by atoms with Crippen LogP contribution in [0.5, 0.6) is 0 Å². The van der Waals surface area contributed by atoms with Gasteiger partial charge in [-0.25, -0.2) is 0 Å². The quantitative estimate of drug-likeness (QED) is 0.0280. The van der Waals surface area contributed by atoms with E-state index in [0.717, 1.165) is 0 Å². The molecular weight excluding hydrogens is 1400 g/mol. The lowest BCUT2D eigenvalue weighted by atomic mass is 9.88. The van der Waals surface area contributed by atoms with Gasteiger partial charge >= 0.3 is 95.3 Å². The Hall–Kier alpha value is -5.69. The molecule has 0 nitrogen and oxygen atoms in total. The van der Waals surface area contributed by atoms with Gasteiger partial charge in [-0.3, -0.25) is 0 Å². The van der Waals surface area contributed by atoms with Crippen LogP contribution in [0, 0.1) is 22.9 Å². The number of alkyl halides is 34. The fourth-order valence-electron chi connectivity index (χ4n) is 10.8. The van der Waals surface area contributed by atoms with Gasteiger partial charge in [0.25, 0.3) is 0 Å². The van der Waals surface area contributed by atoms with Crippen LogP contribution in [0.15, 0.2) is 72.8 Å². The van der Waals surface area contributed by atoms with E-state index in [0.29, 0.717) is 21.5 Å². The molecule has 0 saturated carbocycles. The Morgan fingerprint density at radius 1 is 0.277 bits per heavy atom. The molecule has 0 N–H and O–H groups in total. The van der Waals surface area contributed by atoms with Crippen LogP contribution in [-0.4, -0.2) is 111 Å². The van der Waals surface area contributed by atoms with Gasteiger partial charge in [0.2, 0.25) is 0 Å². The van der Waals surface area contributed by atoms with E-state index in [1.807, 2.05) is 0 Å². The molecule has 0 aliphatic heterocycles. The molecule has 0 heterocycles. The molecule has 5 aromatic carbocycles. The zero-order valence-corrected chi connectivity index (χ0v) is 50.9. The Morgan fingerprint density at radius 3 is 0.638 bits per heavy atom. The summed E-state index contributed by atoms with van der Waals surface area (Å²) < 4.78 is 488. The van der Waals surface area contributed by atoms with E-state index in [9.17, 15) is 96.6 Å². The van der Waals surface area contributed by atoms with E-state index in [-0.39, 0.29) is 32.7 Å². The summed E-state index contributed by atoms with van der Waals surface area (Å²) in [7, 11) is -8.92. The van der Waals surface area contributed by atoms with E-state index in [4.69, 9.17) is 0 Å². The highest BCUT2D eigenvalue weighted by molar-refractivity contribution is 6.90. The van der Waals surface area contributed by atoms with E-state index in [1.165, 1.54) is 128 Å². The van der Waals surface area contributed by atoms with E-state index in [2.05, 4.69) is 22.9 Å². The van der Waals surface area contributed by atoms with Crippen LogP contribution < -0.4 is 0 Å². The largest absolute Gasteiger partial charge is 0.460 e. The highest BCUT2D eigenvalue weighted by atomic mass is 28.3. The van der Waals surface area contributed by atoms with Crippen molar-refractivity contribution in [2.45, 2.75) is 198 Å². The number of rotatable bonds is 22. The first-order valence-electron chi connectivity index (χ1n) is 27.1. The Morgan fingerprint density at radius 2 is 0.457 bits per heavy atom. The van der Waals surface area contributed by atoms with Gasteiger partial charge in [0.1, 0.15) is 16.1 Å². The van der Waals surface area contributed by atoms with Crippen LogP contribution in [0.25, 0.3) is 43.1 Å². The summed E-state index contributed by atoms with van der Waals surface area (Å²) in [5.41, 5.74) is 0.461. The fourth-order valence-corrected chi connectivity index (χ4v) is 19.4. The van der Waals surface area contributed by atoms with Gasteiger partial charge in [0.05, 0.1) is 0 Å². The summed E-state index contributed by atoms with van der Waals surface area (Å²) in [6, 6.07) is 14.2. The summed E-state index contributed by atoms with van der Waals surface area (Å²) in [4.78, 5) is 0. The van der Waals surface area contributed by atoms with Gasteiger partial charge in [-0.1, -0.05) is 116 Å². The van der Waals surface area contributed by atoms with Crippen LogP contribution in [0.4, 0.5) is 149 Å². The Balaban J connectivity index is 1.77. The van der Waals surface area contributed by atoms with Crippen molar-refractivity contribution in [2.75, 3.05) is 0 Å². The molecule has 0 radical (unpaired) electrons. The van der Waals surface area contributed by atoms with E-state index < -0.39 is 159 Å². The Labute approximate surface area is 512 Å². The average molecular weight is 1450 g/mol. The normalized spacial score (nSPS) is 15.3. The maximum atomic E-state index is 15.8. The van der Waals surface area contributed by atoms with Gasteiger partial charge in [0, 0.05) is 24.0 Å². The third-order valence-electron chi connectivity index (χ3n) is 17.1. The number of hydrogen-bond acceptors (Lipinski definition) is 0. The molecule has 0 atom stereocenters. The maximum absolute atomic E-state index is 15.8. The minimum Gasteiger partial charge on any atom is -0.200 e. The lowest BCUT2D eigenvalue weighted by molar-refractivity contribution is -0.461. The number of fused-ring (bicyclic) bond motifs is 4. The third kappa shape index (κ3) is 11.6. The first-order valence-corrected chi connectivity index (χ1v) is 31.8. The molecule has 0 unspecified atom stereocenters. The molecule has 526 valence electrons. The molecule has 5 rings (SSSR count). The molecule has 0 amide bonds. The number of halogens is 34. The minimum atomic E-state index is -8.88. The predicted molar refractivity (Wildman–Crippen MR) is 282 cm³/mol. The Bertz CT molecular complexity index is 3400. The highest BCUT2D eigenvalue weighted by Gasteiger charge is 2.97. The zero-order valence-electron chi connectivity index (χ0n) is 48.9. The number of benzene rings is 5. The van der Waals surface area contributed by atoms with Crippen molar-refractivity contribution in [3.63, 3.8) is 0 Å². The monoisotopic (exact) mass is 1450 g/mol. The molecule has 0 saturated heterocycles. The molecule has 0 aliphatic carbocycles. The maximum Gasteiger partial charge on any atom is 0.460 e. The SMILES string of the molecule is CC(C)[Si](C#Cc1c2cc3ccccc3cc2c(C#C[Si](CCC(F)(F)C(F)(F)C(F)(F)C(F)(F)C(F)(F)C(F)(F)C(F)(F)C(F)(F)F)(C(C)C)C(C)C)c2cc3ccccc3cc12)(CCC(F)(F)C(F)(F)C(F)(F)C(F)(F)C(F)(F)C(F)(F)C(F)(F)C(F)(F)F)C(C)C. The molecule has 0 bridgehead atoms. The first kappa shape index (κ1) is 79.0.